The number of oxazole rings is 1. The molecule has 2 aliphatic rings. The van der Waals surface area contributed by atoms with Gasteiger partial charge in [0.05, 0.1) is 17.8 Å². The van der Waals surface area contributed by atoms with E-state index >= 15 is 0 Å². The van der Waals surface area contributed by atoms with Crippen LogP contribution in [0.4, 0.5) is 5.82 Å². The molecular weight excluding hydrogens is 531 g/mol. The van der Waals surface area contributed by atoms with Crippen LogP contribution in [-0.4, -0.2) is 35.4 Å². The van der Waals surface area contributed by atoms with Gasteiger partial charge in [-0.25, -0.2) is 5.01 Å². The van der Waals surface area contributed by atoms with Gasteiger partial charge in [0.1, 0.15) is 17.7 Å². The lowest BCUT2D eigenvalue weighted by atomic mass is 9.98. The van der Waals surface area contributed by atoms with Gasteiger partial charge in [-0.05, 0) is 60.4 Å². The number of aromatic nitrogens is 1. The van der Waals surface area contributed by atoms with Crippen molar-refractivity contribution in [2.24, 2.45) is 5.10 Å². The summed E-state index contributed by atoms with van der Waals surface area (Å²) in [6, 6.07) is 19.8. The molecule has 1 unspecified atom stereocenters. The fourth-order valence-corrected chi connectivity index (χ4v) is 5.90. The van der Waals surface area contributed by atoms with Crippen molar-refractivity contribution >= 4 is 40.8 Å². The molecule has 6 rings (SSSR count). The van der Waals surface area contributed by atoms with Gasteiger partial charge >= 0.3 is 0 Å². The van der Waals surface area contributed by atoms with Gasteiger partial charge in [-0.3, -0.25) is 4.90 Å². The average Bonchev–Trinajstić information content (AvgIpc) is 3.56. The summed E-state index contributed by atoms with van der Waals surface area (Å²) in [4.78, 5) is 7.39. The Labute approximate surface area is 238 Å². The molecule has 6 nitrogen and oxygen atoms in total. The number of fused-ring (bicyclic) bond motifs is 1. The van der Waals surface area contributed by atoms with Crippen LogP contribution in [0, 0.1) is 6.92 Å². The van der Waals surface area contributed by atoms with E-state index in [9.17, 15) is 0 Å². The largest absolute Gasteiger partial charge is 0.497 e. The van der Waals surface area contributed by atoms with E-state index in [1.807, 2.05) is 60.5 Å². The maximum Gasteiger partial charge on any atom is 0.228 e. The third-order valence-corrected chi connectivity index (χ3v) is 7.95. The van der Waals surface area contributed by atoms with Crippen molar-refractivity contribution in [3.63, 3.8) is 0 Å². The molecule has 198 valence electrons. The highest BCUT2D eigenvalue weighted by Crippen LogP contribution is 2.37. The Balaban J connectivity index is 1.40. The fourth-order valence-electron chi connectivity index (χ4n) is 5.38. The second-order valence-electron chi connectivity index (χ2n) is 9.75. The second-order valence-corrected chi connectivity index (χ2v) is 10.6. The van der Waals surface area contributed by atoms with Crippen LogP contribution < -0.4 is 9.75 Å². The number of nitrogens with zero attached hydrogens (tertiary/aromatic N) is 4. The molecule has 2 aliphatic heterocycles. The fraction of sp³-hybridized carbons (Fsp3) is 0.226. The minimum absolute atomic E-state index is 0.0719. The molecule has 0 aliphatic carbocycles. The highest BCUT2D eigenvalue weighted by Gasteiger charge is 2.38. The highest BCUT2D eigenvalue weighted by atomic mass is 35.5. The van der Waals surface area contributed by atoms with E-state index in [-0.39, 0.29) is 6.17 Å². The molecule has 0 fully saturated rings. The molecule has 0 N–H and O–H groups in total. The van der Waals surface area contributed by atoms with Crippen molar-refractivity contribution in [2.75, 3.05) is 18.7 Å². The molecule has 0 amide bonds. The van der Waals surface area contributed by atoms with Gasteiger partial charge in [-0.2, -0.15) is 10.1 Å². The Morgan fingerprint density at radius 1 is 1.05 bits per heavy atom. The van der Waals surface area contributed by atoms with Crippen molar-refractivity contribution in [2.45, 2.75) is 32.5 Å². The minimum Gasteiger partial charge on any atom is -0.497 e. The van der Waals surface area contributed by atoms with Crippen molar-refractivity contribution in [3.8, 4) is 17.2 Å². The van der Waals surface area contributed by atoms with Gasteiger partial charge in [0.15, 0.2) is 5.82 Å². The van der Waals surface area contributed by atoms with Crippen LogP contribution in [0.1, 0.15) is 34.4 Å². The summed E-state index contributed by atoms with van der Waals surface area (Å²) in [5.74, 6) is 2.78. The summed E-state index contributed by atoms with van der Waals surface area (Å²) >= 11 is 12.8. The third-order valence-electron chi connectivity index (χ3n) is 7.41. The molecule has 4 aromatic rings. The first-order valence-electron chi connectivity index (χ1n) is 12.9. The topological polar surface area (TPSA) is 54.1 Å². The smallest absolute Gasteiger partial charge is 0.228 e. The summed E-state index contributed by atoms with van der Waals surface area (Å²) < 4.78 is 11.7. The van der Waals surface area contributed by atoms with E-state index in [1.165, 1.54) is 11.1 Å². The van der Waals surface area contributed by atoms with E-state index in [0.717, 1.165) is 47.7 Å². The Kier molecular flexibility index (Phi) is 6.94. The molecule has 3 aromatic carbocycles. The molecule has 0 saturated carbocycles. The lowest BCUT2D eigenvalue weighted by Crippen LogP contribution is -2.46. The highest BCUT2D eigenvalue weighted by molar-refractivity contribution is 6.37. The second kappa shape index (κ2) is 10.5. The number of hydrogen-bond donors (Lipinski definition) is 0. The van der Waals surface area contributed by atoms with E-state index < -0.39 is 0 Å². The average molecular weight is 559 g/mol. The molecular formula is C31H28Cl2N4O2. The number of hydrogen-bond acceptors (Lipinski definition) is 6. The van der Waals surface area contributed by atoms with Gasteiger partial charge in [0.2, 0.25) is 5.89 Å². The molecule has 0 spiro atoms. The van der Waals surface area contributed by atoms with Gasteiger partial charge in [-0.15, -0.1) is 0 Å². The van der Waals surface area contributed by atoms with Gasteiger partial charge in [0, 0.05) is 35.7 Å². The number of anilines is 1. The number of rotatable bonds is 6. The number of methoxy groups -OCH3 is 1. The van der Waals surface area contributed by atoms with Gasteiger partial charge in [-0.1, -0.05) is 66.2 Å². The van der Waals surface area contributed by atoms with Crippen molar-refractivity contribution < 1.29 is 9.15 Å². The maximum atomic E-state index is 6.63. The summed E-state index contributed by atoms with van der Waals surface area (Å²) in [5.41, 5.74) is 6.21. The first kappa shape index (κ1) is 25.7. The number of aryl methyl sites for hydroxylation is 1. The van der Waals surface area contributed by atoms with Gasteiger partial charge < -0.3 is 9.15 Å². The number of hydrazone groups is 1. The molecule has 0 radical (unpaired) electrons. The van der Waals surface area contributed by atoms with E-state index in [0.29, 0.717) is 33.9 Å². The zero-order valence-electron chi connectivity index (χ0n) is 21.8. The zero-order chi connectivity index (χ0) is 27.1. The number of benzene rings is 3. The van der Waals surface area contributed by atoms with Crippen LogP contribution in [0.2, 0.25) is 10.0 Å². The normalized spacial score (nSPS) is 17.2. The predicted molar refractivity (Wildman–Crippen MR) is 158 cm³/mol. The lowest BCUT2D eigenvalue weighted by molar-refractivity contribution is 0.182. The van der Waals surface area contributed by atoms with Crippen LogP contribution in [0.15, 0.2) is 76.8 Å². The zero-order valence-corrected chi connectivity index (χ0v) is 23.3. The van der Waals surface area contributed by atoms with Crippen LogP contribution in [0.3, 0.4) is 0 Å². The quantitative estimate of drug-likeness (QED) is 0.244. The SMILES string of the molecule is C=Cc1ccccc1-c1nc(N2N=C(c3ccc(Cl)cc3Cl)CC2N2CCc3ccc(OC)cc3C2)c(C)o1. The molecule has 0 bridgehead atoms. The molecule has 0 saturated heterocycles. The Bertz CT molecular complexity index is 1600. The van der Waals surface area contributed by atoms with Crippen molar-refractivity contribution in [1.29, 1.82) is 0 Å². The van der Waals surface area contributed by atoms with Crippen LogP contribution in [-0.2, 0) is 13.0 Å². The van der Waals surface area contributed by atoms with E-state index in [4.69, 9.17) is 42.4 Å². The summed E-state index contributed by atoms with van der Waals surface area (Å²) in [5, 5.41) is 8.25. The van der Waals surface area contributed by atoms with Crippen molar-refractivity contribution in [1.82, 2.24) is 9.88 Å². The predicted octanol–water partition coefficient (Wildman–Crippen LogP) is 7.61. The molecule has 3 heterocycles. The molecule has 8 heteroatoms. The number of ether oxygens (including phenoxy) is 1. The van der Waals surface area contributed by atoms with Crippen molar-refractivity contribution in [3.05, 3.63) is 105 Å². The minimum atomic E-state index is -0.0719. The van der Waals surface area contributed by atoms with Gasteiger partial charge in [0.25, 0.3) is 0 Å². The molecule has 1 aromatic heterocycles. The summed E-state index contributed by atoms with van der Waals surface area (Å²) in [7, 11) is 1.70. The Morgan fingerprint density at radius 2 is 1.90 bits per heavy atom. The maximum absolute atomic E-state index is 6.63. The monoisotopic (exact) mass is 558 g/mol. The lowest BCUT2D eigenvalue weighted by Gasteiger charge is -2.37. The first-order chi connectivity index (χ1) is 18.9. The molecule has 39 heavy (non-hydrogen) atoms. The first-order valence-corrected chi connectivity index (χ1v) is 13.6. The molecule has 1 atom stereocenters. The summed E-state index contributed by atoms with van der Waals surface area (Å²) in [6.07, 6.45) is 3.35. The standard InChI is InChI=1S/C31H28Cl2N4O2/c1-4-20-7-5-6-8-25(20)31-34-30(19(2)39-31)37-29(17-28(35-37)26-12-10-23(32)16-27(26)33)36-14-13-21-9-11-24(38-3)15-22(21)18-36/h4-12,15-16,29H,1,13-14,17-18H2,2-3H3. The summed E-state index contributed by atoms with van der Waals surface area (Å²) in [6.45, 7) is 7.54. The van der Waals surface area contributed by atoms with Crippen LogP contribution in [0.5, 0.6) is 5.75 Å². The Hall–Kier alpha value is -3.58. The van der Waals surface area contributed by atoms with Crippen LogP contribution in [0.25, 0.3) is 17.5 Å². The Morgan fingerprint density at radius 3 is 2.69 bits per heavy atom. The third kappa shape index (κ3) is 4.84. The van der Waals surface area contributed by atoms with E-state index in [2.05, 4.69) is 23.6 Å². The van der Waals surface area contributed by atoms with E-state index in [1.54, 1.807) is 13.2 Å². The van der Waals surface area contributed by atoms with Crippen LogP contribution >= 0.6 is 23.2 Å². The number of halogens is 2.